The molecule has 4 rings (SSSR count). The SMILES string of the molecule is CCCCNC(=NCc1nnc(C)n1C)N1CC2(CCCC2)c2ccccc21. The summed E-state index contributed by atoms with van der Waals surface area (Å²) < 4.78 is 2.02. The second-order valence-electron chi connectivity index (χ2n) is 8.23. The van der Waals surface area contributed by atoms with Crippen LogP contribution in [-0.4, -0.2) is 33.8 Å². The van der Waals surface area contributed by atoms with Crippen molar-refractivity contribution in [3.63, 3.8) is 0 Å². The van der Waals surface area contributed by atoms with E-state index in [9.17, 15) is 0 Å². The lowest BCUT2D eigenvalue weighted by Crippen LogP contribution is -2.44. The van der Waals surface area contributed by atoms with E-state index in [0.717, 1.165) is 37.1 Å². The molecule has 150 valence electrons. The van der Waals surface area contributed by atoms with Gasteiger partial charge in [0, 0.05) is 31.2 Å². The first-order valence-electron chi connectivity index (χ1n) is 10.6. The quantitative estimate of drug-likeness (QED) is 0.488. The van der Waals surface area contributed by atoms with Gasteiger partial charge in [0.15, 0.2) is 11.8 Å². The third kappa shape index (κ3) is 3.40. The van der Waals surface area contributed by atoms with Crippen LogP contribution >= 0.6 is 0 Å². The molecule has 0 radical (unpaired) electrons. The Labute approximate surface area is 168 Å². The average Bonchev–Trinajstić information content (AvgIpc) is 3.40. The molecular weight excluding hydrogens is 348 g/mol. The van der Waals surface area contributed by atoms with Gasteiger partial charge in [-0.1, -0.05) is 44.4 Å². The van der Waals surface area contributed by atoms with Crippen LogP contribution in [0.5, 0.6) is 0 Å². The zero-order chi connectivity index (χ0) is 19.6. The van der Waals surface area contributed by atoms with E-state index in [1.165, 1.54) is 43.4 Å². The van der Waals surface area contributed by atoms with Crippen LogP contribution in [-0.2, 0) is 19.0 Å². The Kier molecular flexibility index (Phi) is 5.38. The summed E-state index contributed by atoms with van der Waals surface area (Å²) in [5.41, 5.74) is 3.12. The summed E-state index contributed by atoms with van der Waals surface area (Å²) in [5, 5.41) is 12.1. The maximum absolute atomic E-state index is 4.98. The number of anilines is 1. The van der Waals surface area contributed by atoms with Gasteiger partial charge in [-0.15, -0.1) is 10.2 Å². The number of aryl methyl sites for hydroxylation is 1. The molecule has 0 unspecified atom stereocenters. The number of aliphatic imine (C=N–C) groups is 1. The molecule has 1 N–H and O–H groups in total. The van der Waals surface area contributed by atoms with Crippen molar-refractivity contribution in [3.8, 4) is 0 Å². The molecule has 1 aliphatic carbocycles. The van der Waals surface area contributed by atoms with Gasteiger partial charge in [0.05, 0.1) is 0 Å². The topological polar surface area (TPSA) is 58.3 Å². The highest BCUT2D eigenvalue weighted by atomic mass is 15.3. The van der Waals surface area contributed by atoms with E-state index in [-0.39, 0.29) is 0 Å². The van der Waals surface area contributed by atoms with Crippen LogP contribution in [0.15, 0.2) is 29.3 Å². The standard InChI is InChI=1S/C22H32N6/c1-4-5-14-23-21(24-15-20-26-25-17(2)27(20)3)28-16-22(12-8-9-13-22)18-10-6-7-11-19(18)28/h6-7,10-11H,4-5,8-9,12-16H2,1-3H3,(H,23,24). The van der Waals surface area contributed by atoms with Gasteiger partial charge in [0.25, 0.3) is 0 Å². The zero-order valence-corrected chi connectivity index (χ0v) is 17.4. The second-order valence-corrected chi connectivity index (χ2v) is 8.23. The Hall–Kier alpha value is -2.37. The molecular formula is C22H32N6. The number of hydrogen-bond acceptors (Lipinski definition) is 3. The number of rotatable bonds is 5. The lowest BCUT2D eigenvalue weighted by Gasteiger charge is -2.27. The summed E-state index contributed by atoms with van der Waals surface area (Å²) in [7, 11) is 2.00. The van der Waals surface area contributed by atoms with E-state index in [4.69, 9.17) is 4.99 Å². The van der Waals surface area contributed by atoms with Crippen LogP contribution in [0.1, 0.15) is 62.7 Å². The Bertz CT molecular complexity index is 846. The van der Waals surface area contributed by atoms with Gasteiger partial charge in [0.1, 0.15) is 12.4 Å². The predicted molar refractivity (Wildman–Crippen MR) is 114 cm³/mol. The fraction of sp³-hybridized carbons (Fsp3) is 0.591. The van der Waals surface area contributed by atoms with Crippen molar-refractivity contribution in [2.24, 2.45) is 12.0 Å². The normalized spacial score (nSPS) is 18.1. The summed E-state index contributed by atoms with van der Waals surface area (Å²) in [6, 6.07) is 8.92. The number of nitrogens with one attached hydrogen (secondary N) is 1. The minimum Gasteiger partial charge on any atom is -0.356 e. The van der Waals surface area contributed by atoms with Crippen LogP contribution in [0.3, 0.4) is 0 Å². The van der Waals surface area contributed by atoms with E-state index in [1.54, 1.807) is 0 Å². The molecule has 2 aromatic rings. The van der Waals surface area contributed by atoms with Crippen LogP contribution < -0.4 is 10.2 Å². The molecule has 1 aromatic carbocycles. The number of unbranched alkanes of at least 4 members (excludes halogenated alkanes) is 1. The first-order valence-corrected chi connectivity index (χ1v) is 10.6. The molecule has 28 heavy (non-hydrogen) atoms. The largest absolute Gasteiger partial charge is 0.356 e. The lowest BCUT2D eigenvalue weighted by atomic mass is 9.81. The first kappa shape index (κ1) is 19.0. The van der Waals surface area contributed by atoms with Crippen LogP contribution in [0.4, 0.5) is 5.69 Å². The van der Waals surface area contributed by atoms with Gasteiger partial charge in [-0.3, -0.25) is 0 Å². The molecule has 6 heteroatoms. The Morgan fingerprint density at radius 3 is 2.71 bits per heavy atom. The summed E-state index contributed by atoms with van der Waals surface area (Å²) in [6.07, 6.45) is 7.54. The summed E-state index contributed by atoms with van der Waals surface area (Å²) >= 11 is 0. The van der Waals surface area contributed by atoms with Crippen molar-refractivity contribution >= 4 is 11.6 Å². The van der Waals surface area contributed by atoms with E-state index in [2.05, 4.69) is 51.6 Å². The van der Waals surface area contributed by atoms with Crippen molar-refractivity contribution in [2.75, 3.05) is 18.0 Å². The van der Waals surface area contributed by atoms with Gasteiger partial charge in [0.2, 0.25) is 0 Å². The third-order valence-electron chi connectivity index (χ3n) is 6.41. The van der Waals surface area contributed by atoms with Gasteiger partial charge in [-0.25, -0.2) is 4.99 Å². The fourth-order valence-corrected chi connectivity index (χ4v) is 4.65. The number of benzene rings is 1. The average molecular weight is 381 g/mol. The van der Waals surface area contributed by atoms with E-state index >= 15 is 0 Å². The monoisotopic (exact) mass is 380 g/mol. The van der Waals surface area contributed by atoms with Gasteiger partial charge in [-0.05, 0) is 37.8 Å². The van der Waals surface area contributed by atoms with Crippen molar-refractivity contribution < 1.29 is 0 Å². The van der Waals surface area contributed by atoms with E-state index in [1.807, 2.05) is 18.5 Å². The first-order chi connectivity index (χ1) is 13.6. The summed E-state index contributed by atoms with van der Waals surface area (Å²) in [6.45, 7) is 6.71. The smallest absolute Gasteiger partial charge is 0.198 e. The van der Waals surface area contributed by atoms with Crippen LogP contribution in [0.2, 0.25) is 0 Å². The molecule has 1 saturated carbocycles. The molecule has 2 aliphatic rings. The fourth-order valence-electron chi connectivity index (χ4n) is 4.65. The molecule has 1 aliphatic heterocycles. The second kappa shape index (κ2) is 7.94. The number of aromatic nitrogens is 3. The minimum absolute atomic E-state index is 0.297. The highest BCUT2D eigenvalue weighted by Gasteiger charge is 2.45. The lowest BCUT2D eigenvalue weighted by molar-refractivity contribution is 0.478. The highest BCUT2D eigenvalue weighted by Crippen LogP contribution is 2.50. The molecule has 1 spiro atoms. The maximum Gasteiger partial charge on any atom is 0.198 e. The third-order valence-corrected chi connectivity index (χ3v) is 6.41. The maximum atomic E-state index is 4.98. The van der Waals surface area contributed by atoms with Crippen molar-refractivity contribution in [2.45, 2.75) is 64.3 Å². The number of hydrogen-bond donors (Lipinski definition) is 1. The van der Waals surface area contributed by atoms with Crippen LogP contribution in [0, 0.1) is 6.92 Å². The molecule has 0 atom stereocenters. The summed E-state index contributed by atoms with van der Waals surface area (Å²) in [4.78, 5) is 7.40. The number of para-hydroxylation sites is 1. The molecule has 1 aromatic heterocycles. The van der Waals surface area contributed by atoms with E-state index in [0.29, 0.717) is 12.0 Å². The zero-order valence-electron chi connectivity index (χ0n) is 17.4. The van der Waals surface area contributed by atoms with Crippen molar-refractivity contribution in [1.29, 1.82) is 0 Å². The van der Waals surface area contributed by atoms with Crippen LogP contribution in [0.25, 0.3) is 0 Å². The van der Waals surface area contributed by atoms with Gasteiger partial charge >= 0.3 is 0 Å². The Balaban J connectivity index is 1.64. The Morgan fingerprint density at radius 1 is 1.21 bits per heavy atom. The minimum atomic E-state index is 0.297. The molecule has 0 saturated heterocycles. The summed E-state index contributed by atoms with van der Waals surface area (Å²) in [5.74, 6) is 2.79. The number of guanidine groups is 1. The number of nitrogens with zero attached hydrogens (tertiary/aromatic N) is 5. The van der Waals surface area contributed by atoms with Crippen molar-refractivity contribution in [1.82, 2.24) is 20.1 Å². The Morgan fingerprint density at radius 2 is 2.00 bits per heavy atom. The highest BCUT2D eigenvalue weighted by molar-refractivity contribution is 5.98. The van der Waals surface area contributed by atoms with Gasteiger partial charge in [-0.2, -0.15) is 0 Å². The molecule has 6 nitrogen and oxygen atoms in total. The predicted octanol–water partition coefficient (Wildman–Crippen LogP) is 3.70. The molecule has 2 heterocycles. The van der Waals surface area contributed by atoms with Crippen molar-refractivity contribution in [3.05, 3.63) is 41.5 Å². The molecule has 0 amide bonds. The molecule has 0 bridgehead atoms. The number of fused-ring (bicyclic) bond motifs is 2. The van der Waals surface area contributed by atoms with Gasteiger partial charge < -0.3 is 14.8 Å². The van der Waals surface area contributed by atoms with E-state index < -0.39 is 0 Å². The molecule has 1 fully saturated rings.